The molecule has 6 nitrogen and oxygen atoms in total. The molecule has 0 bridgehead atoms. The number of nitrogens with zero attached hydrogens (tertiary/aromatic N) is 5. The molecule has 0 saturated carbocycles. The van der Waals surface area contributed by atoms with Crippen molar-refractivity contribution in [1.82, 2.24) is 19.7 Å². The summed E-state index contributed by atoms with van der Waals surface area (Å²) >= 11 is 1.69. The molecule has 3 heterocycles. The van der Waals surface area contributed by atoms with Crippen LogP contribution in [0, 0.1) is 12.3 Å². The summed E-state index contributed by atoms with van der Waals surface area (Å²) < 4.78 is 3.05. The van der Waals surface area contributed by atoms with E-state index in [0.717, 1.165) is 53.0 Å². The van der Waals surface area contributed by atoms with E-state index in [1.165, 1.54) is 0 Å². The van der Waals surface area contributed by atoms with E-state index >= 15 is 0 Å². The number of hydrogen-bond acceptors (Lipinski definition) is 5. The van der Waals surface area contributed by atoms with Gasteiger partial charge in [0.25, 0.3) is 0 Å². The lowest BCUT2D eigenvalue weighted by atomic mass is 9.94. The highest BCUT2D eigenvalue weighted by Crippen LogP contribution is 2.33. The Hall–Kier alpha value is -2.41. The Morgan fingerprint density at radius 2 is 1.74 bits per heavy atom. The third-order valence-corrected chi connectivity index (χ3v) is 6.07. The van der Waals surface area contributed by atoms with Crippen LogP contribution in [0.15, 0.2) is 30.3 Å². The number of rotatable bonds is 2. The zero-order valence-electron chi connectivity index (χ0n) is 16.3. The number of hydrogen-bond donors (Lipinski definition) is 0. The second-order valence-corrected chi connectivity index (χ2v) is 8.99. The Labute approximate surface area is 163 Å². The van der Waals surface area contributed by atoms with Crippen molar-refractivity contribution < 1.29 is 4.79 Å². The topological polar surface area (TPSA) is 54.3 Å². The fourth-order valence-electron chi connectivity index (χ4n) is 3.38. The molecule has 1 aliphatic heterocycles. The molecule has 0 spiro atoms. The van der Waals surface area contributed by atoms with Gasteiger partial charge in [-0.2, -0.15) is 10.1 Å². The summed E-state index contributed by atoms with van der Waals surface area (Å²) in [5, 5.41) is 5.67. The highest BCUT2D eigenvalue weighted by Gasteiger charge is 2.30. The first-order valence-corrected chi connectivity index (χ1v) is 10.1. The number of aromatic nitrogens is 3. The average molecular weight is 384 g/mol. The van der Waals surface area contributed by atoms with Gasteiger partial charge in [-0.05, 0) is 19.1 Å². The van der Waals surface area contributed by atoms with Crippen molar-refractivity contribution in [1.29, 1.82) is 0 Å². The molecule has 1 amide bonds. The van der Waals surface area contributed by atoms with Crippen LogP contribution in [0.5, 0.6) is 0 Å². The lowest BCUT2D eigenvalue weighted by Gasteiger charge is -2.37. The first-order valence-electron chi connectivity index (χ1n) is 9.30. The van der Waals surface area contributed by atoms with Gasteiger partial charge in [0.15, 0.2) is 10.8 Å². The van der Waals surface area contributed by atoms with Crippen LogP contribution in [0.25, 0.3) is 16.0 Å². The molecule has 1 fully saturated rings. The minimum absolute atomic E-state index is 0.224. The van der Waals surface area contributed by atoms with Gasteiger partial charge in [0.1, 0.15) is 0 Å². The fourth-order valence-corrected chi connectivity index (χ4v) is 4.42. The molecule has 2 aromatic heterocycles. The van der Waals surface area contributed by atoms with E-state index in [1.54, 1.807) is 11.3 Å². The zero-order valence-corrected chi connectivity index (χ0v) is 17.1. The number of amides is 1. The Morgan fingerprint density at radius 1 is 1.07 bits per heavy atom. The lowest BCUT2D eigenvalue weighted by Crippen LogP contribution is -2.51. The number of thiazole rings is 1. The third kappa shape index (κ3) is 3.32. The van der Waals surface area contributed by atoms with Crippen LogP contribution in [0.3, 0.4) is 0 Å². The Bertz CT molecular complexity index is 962. The van der Waals surface area contributed by atoms with Crippen molar-refractivity contribution >= 4 is 32.7 Å². The van der Waals surface area contributed by atoms with E-state index in [-0.39, 0.29) is 11.3 Å². The summed E-state index contributed by atoms with van der Waals surface area (Å²) in [5.74, 6) is 0.224. The molecule has 0 N–H and O–H groups in total. The standard InChI is InChI=1S/C20H25N5OS/c1-14-16-17(25(22-14)15-8-6-5-7-9-15)21-19(27-16)24-12-10-23(11-13-24)18(26)20(2,3)4/h5-9H,10-13H2,1-4H3. The average Bonchev–Trinajstić information content (AvgIpc) is 3.22. The number of benzene rings is 1. The van der Waals surface area contributed by atoms with Crippen LogP contribution in [0.2, 0.25) is 0 Å². The van der Waals surface area contributed by atoms with Gasteiger partial charge in [-0.15, -0.1) is 0 Å². The van der Waals surface area contributed by atoms with Crippen molar-refractivity contribution in [3.63, 3.8) is 0 Å². The van der Waals surface area contributed by atoms with Gasteiger partial charge in [0.2, 0.25) is 5.91 Å². The number of aryl methyl sites for hydroxylation is 1. The smallest absolute Gasteiger partial charge is 0.228 e. The van der Waals surface area contributed by atoms with Gasteiger partial charge < -0.3 is 9.80 Å². The summed E-state index contributed by atoms with van der Waals surface area (Å²) in [7, 11) is 0. The van der Waals surface area contributed by atoms with E-state index in [9.17, 15) is 4.79 Å². The molecular weight excluding hydrogens is 358 g/mol. The van der Waals surface area contributed by atoms with Crippen LogP contribution in [0.1, 0.15) is 26.5 Å². The summed E-state index contributed by atoms with van der Waals surface area (Å²) in [6.07, 6.45) is 0. The molecule has 7 heteroatoms. The van der Waals surface area contributed by atoms with Crippen molar-refractivity contribution in [2.75, 3.05) is 31.1 Å². The Balaban J connectivity index is 1.57. The van der Waals surface area contributed by atoms with E-state index < -0.39 is 0 Å². The minimum atomic E-state index is -0.325. The molecule has 4 rings (SSSR count). The van der Waals surface area contributed by atoms with E-state index in [1.807, 2.05) is 67.6 Å². The molecule has 1 aromatic carbocycles. The first kappa shape index (κ1) is 18.0. The largest absolute Gasteiger partial charge is 0.344 e. The van der Waals surface area contributed by atoms with Gasteiger partial charge in [-0.1, -0.05) is 50.3 Å². The number of carbonyl (C=O) groups excluding carboxylic acids is 1. The number of piperazine rings is 1. The van der Waals surface area contributed by atoms with Gasteiger partial charge in [-0.3, -0.25) is 4.79 Å². The minimum Gasteiger partial charge on any atom is -0.344 e. The molecule has 0 atom stereocenters. The van der Waals surface area contributed by atoms with Crippen molar-refractivity contribution in [3.05, 3.63) is 36.0 Å². The number of carbonyl (C=O) groups is 1. The predicted molar refractivity (Wildman–Crippen MR) is 110 cm³/mol. The predicted octanol–water partition coefficient (Wildman–Crippen LogP) is 3.49. The Morgan fingerprint density at radius 3 is 2.37 bits per heavy atom. The van der Waals surface area contributed by atoms with E-state index in [0.29, 0.717) is 0 Å². The number of fused-ring (bicyclic) bond motifs is 1. The zero-order chi connectivity index (χ0) is 19.2. The first-order chi connectivity index (χ1) is 12.8. The molecule has 0 aliphatic carbocycles. The molecule has 0 radical (unpaired) electrons. The second kappa shape index (κ2) is 6.64. The highest BCUT2D eigenvalue weighted by atomic mass is 32.1. The second-order valence-electron chi connectivity index (χ2n) is 8.01. The van der Waals surface area contributed by atoms with Crippen LogP contribution in [-0.4, -0.2) is 51.8 Å². The highest BCUT2D eigenvalue weighted by molar-refractivity contribution is 7.22. The summed E-state index contributed by atoms with van der Waals surface area (Å²) in [6.45, 7) is 11.1. The molecule has 27 heavy (non-hydrogen) atoms. The van der Waals surface area contributed by atoms with Crippen LogP contribution in [-0.2, 0) is 4.79 Å². The van der Waals surface area contributed by atoms with Gasteiger partial charge in [-0.25, -0.2) is 4.68 Å². The Kier molecular flexibility index (Phi) is 4.42. The summed E-state index contributed by atoms with van der Waals surface area (Å²) in [4.78, 5) is 21.6. The van der Waals surface area contributed by atoms with Crippen LogP contribution < -0.4 is 4.90 Å². The van der Waals surface area contributed by atoms with E-state index in [4.69, 9.17) is 4.98 Å². The summed E-state index contributed by atoms with van der Waals surface area (Å²) in [5.41, 5.74) is 2.60. The monoisotopic (exact) mass is 383 g/mol. The molecule has 3 aromatic rings. The van der Waals surface area contributed by atoms with Crippen molar-refractivity contribution in [2.24, 2.45) is 5.41 Å². The van der Waals surface area contributed by atoms with Crippen molar-refractivity contribution in [3.8, 4) is 5.69 Å². The molecule has 1 saturated heterocycles. The van der Waals surface area contributed by atoms with E-state index in [2.05, 4.69) is 10.00 Å². The van der Waals surface area contributed by atoms with Gasteiger partial charge >= 0.3 is 0 Å². The maximum Gasteiger partial charge on any atom is 0.228 e. The number of para-hydroxylation sites is 1. The lowest BCUT2D eigenvalue weighted by molar-refractivity contribution is -0.139. The molecule has 1 aliphatic rings. The fraction of sp³-hybridized carbons (Fsp3) is 0.450. The quantitative estimate of drug-likeness (QED) is 0.680. The van der Waals surface area contributed by atoms with Gasteiger partial charge in [0.05, 0.1) is 16.1 Å². The molecule has 0 unspecified atom stereocenters. The van der Waals surface area contributed by atoms with Crippen molar-refractivity contribution in [2.45, 2.75) is 27.7 Å². The van der Waals surface area contributed by atoms with Gasteiger partial charge in [0, 0.05) is 31.6 Å². The normalized spacial score (nSPS) is 15.6. The SMILES string of the molecule is Cc1nn(-c2ccccc2)c2nc(N3CCN(C(=O)C(C)(C)C)CC3)sc12. The summed E-state index contributed by atoms with van der Waals surface area (Å²) in [6, 6.07) is 10.1. The molecular formula is C20H25N5OS. The maximum atomic E-state index is 12.5. The third-order valence-electron chi connectivity index (χ3n) is 4.86. The van der Waals surface area contributed by atoms with Crippen LogP contribution in [0.4, 0.5) is 5.13 Å². The number of anilines is 1. The molecule has 142 valence electrons. The maximum absolute atomic E-state index is 12.5. The van der Waals surface area contributed by atoms with Crippen LogP contribution >= 0.6 is 11.3 Å².